The van der Waals surface area contributed by atoms with E-state index in [1.54, 1.807) is 21.3 Å². The molecule has 0 saturated heterocycles. The molecule has 0 saturated carbocycles. The van der Waals surface area contributed by atoms with E-state index in [2.05, 4.69) is 20.8 Å². The highest BCUT2D eigenvalue weighted by Gasteiger charge is 2.37. The molecule has 0 amide bonds. The molecule has 220 valence electrons. The number of rotatable bonds is 27. The zero-order valence-corrected chi connectivity index (χ0v) is 27.2. The molecule has 0 aromatic rings. The second kappa shape index (κ2) is 25.6. The lowest BCUT2D eigenvalue weighted by Gasteiger charge is -2.32. The zero-order chi connectivity index (χ0) is 26.3. The zero-order valence-electron chi connectivity index (χ0n) is 25.3. The Bertz CT molecular complexity index is 436. The minimum atomic E-state index is -2.46. The summed E-state index contributed by atoms with van der Waals surface area (Å²) in [5, 5.41) is 0. The van der Waals surface area contributed by atoms with Gasteiger partial charge in [-0.3, -0.25) is 0 Å². The summed E-state index contributed by atoms with van der Waals surface area (Å²) in [6, 6.07) is 0.863. The van der Waals surface area contributed by atoms with Gasteiger partial charge in [0.15, 0.2) is 0 Å². The number of nitrogens with two attached hydrogens (primary N) is 1. The summed E-state index contributed by atoms with van der Waals surface area (Å²) in [4.78, 5) is 0. The summed E-state index contributed by atoms with van der Waals surface area (Å²) >= 11 is 0. The summed E-state index contributed by atoms with van der Waals surface area (Å²) in [5.74, 6) is 0.542. The van der Waals surface area contributed by atoms with Crippen LogP contribution in [0.25, 0.3) is 0 Å². The predicted octanol–water partition coefficient (Wildman–Crippen LogP) is 9.85. The number of unbranched alkanes of at least 4 members (excludes halogenated alkanes) is 17. The van der Waals surface area contributed by atoms with Crippen molar-refractivity contribution < 1.29 is 13.3 Å². The molecule has 0 aliphatic heterocycles. The van der Waals surface area contributed by atoms with Crippen LogP contribution < -0.4 is 5.73 Å². The third-order valence-electron chi connectivity index (χ3n) is 7.93. The van der Waals surface area contributed by atoms with Gasteiger partial charge < -0.3 is 19.0 Å². The first-order valence-corrected chi connectivity index (χ1v) is 17.2. The van der Waals surface area contributed by atoms with Crippen molar-refractivity contribution in [1.29, 1.82) is 0 Å². The van der Waals surface area contributed by atoms with Crippen LogP contribution in [0.1, 0.15) is 156 Å². The van der Waals surface area contributed by atoms with E-state index in [-0.39, 0.29) is 17.9 Å². The Morgan fingerprint density at radius 1 is 0.556 bits per heavy atom. The van der Waals surface area contributed by atoms with Gasteiger partial charge in [0.1, 0.15) is 0 Å². The van der Waals surface area contributed by atoms with Gasteiger partial charge >= 0.3 is 8.80 Å². The maximum Gasteiger partial charge on any atom is 0.500 e. The first kappa shape index (κ1) is 38.5. The number of halogens is 1. The highest BCUT2D eigenvalue weighted by atomic mass is 35.5. The Balaban J connectivity index is 0. The molecule has 1 unspecified atom stereocenters. The van der Waals surface area contributed by atoms with Crippen LogP contribution in [0.3, 0.4) is 0 Å². The van der Waals surface area contributed by atoms with Crippen molar-refractivity contribution >= 4 is 21.2 Å². The SMILES string of the molecule is CCCCCCCCCCCCCCCCCCCCC(CCC[Si](OC)(OC)OC)C(C)(C)N.Cl. The van der Waals surface area contributed by atoms with Crippen LogP contribution in [-0.2, 0) is 13.3 Å². The largest absolute Gasteiger partial charge is 0.500 e. The van der Waals surface area contributed by atoms with Crippen molar-refractivity contribution in [2.45, 2.75) is 167 Å². The fraction of sp³-hybridized carbons (Fsp3) is 1.00. The van der Waals surface area contributed by atoms with Gasteiger partial charge in [0.05, 0.1) is 0 Å². The monoisotopic (exact) mass is 551 g/mol. The van der Waals surface area contributed by atoms with E-state index in [1.165, 1.54) is 122 Å². The molecule has 4 nitrogen and oxygen atoms in total. The number of hydrogen-bond acceptors (Lipinski definition) is 4. The molecule has 0 aliphatic carbocycles. The maximum absolute atomic E-state index is 6.52. The van der Waals surface area contributed by atoms with Crippen molar-refractivity contribution in [3.05, 3.63) is 0 Å². The van der Waals surface area contributed by atoms with Crippen LogP contribution in [0, 0.1) is 5.92 Å². The molecule has 1 atom stereocenters. The molecule has 0 spiro atoms. The Hall–Kier alpha value is 0.347. The van der Waals surface area contributed by atoms with Gasteiger partial charge in [0.2, 0.25) is 0 Å². The molecule has 0 aromatic carbocycles. The van der Waals surface area contributed by atoms with Crippen molar-refractivity contribution in [2.75, 3.05) is 21.3 Å². The third kappa shape index (κ3) is 21.3. The minimum Gasteiger partial charge on any atom is -0.377 e. The Morgan fingerprint density at radius 3 is 1.17 bits per heavy atom. The van der Waals surface area contributed by atoms with E-state index >= 15 is 0 Å². The van der Waals surface area contributed by atoms with Crippen LogP contribution >= 0.6 is 12.4 Å². The molecule has 0 fully saturated rings. The van der Waals surface area contributed by atoms with E-state index in [0.717, 1.165) is 18.9 Å². The average Bonchev–Trinajstić information content (AvgIpc) is 2.84. The summed E-state index contributed by atoms with van der Waals surface area (Å²) < 4.78 is 16.7. The standard InChI is InChI=1S/C30H65NO3Si.ClH/c1-7-8-9-10-11-12-13-14-15-16-17-18-19-20-21-22-23-24-26-29(30(2,3)31)27-25-28-35(32-4,33-5)34-6;/h29H,7-28,31H2,1-6H3;1H. The van der Waals surface area contributed by atoms with E-state index in [9.17, 15) is 0 Å². The van der Waals surface area contributed by atoms with E-state index in [0.29, 0.717) is 5.92 Å². The van der Waals surface area contributed by atoms with Gasteiger partial charge in [-0.1, -0.05) is 122 Å². The van der Waals surface area contributed by atoms with E-state index in [1.807, 2.05) is 0 Å². The second-order valence-electron chi connectivity index (χ2n) is 11.5. The highest BCUT2D eigenvalue weighted by Crippen LogP contribution is 2.28. The third-order valence-corrected chi connectivity index (χ3v) is 10.8. The fourth-order valence-electron chi connectivity index (χ4n) is 5.30. The summed E-state index contributed by atoms with van der Waals surface area (Å²) in [7, 11) is 2.62. The molecule has 0 aromatic heterocycles. The first-order valence-electron chi connectivity index (χ1n) is 15.3. The van der Waals surface area contributed by atoms with Gasteiger partial charge in [-0.15, -0.1) is 12.4 Å². The van der Waals surface area contributed by atoms with Crippen LogP contribution in [0.15, 0.2) is 0 Å². The lowest BCUT2D eigenvalue weighted by molar-refractivity contribution is 0.121. The average molecular weight is 552 g/mol. The molecular formula is C30H66ClNO3Si. The highest BCUT2D eigenvalue weighted by molar-refractivity contribution is 6.60. The van der Waals surface area contributed by atoms with Crippen molar-refractivity contribution in [2.24, 2.45) is 11.7 Å². The maximum atomic E-state index is 6.52. The normalized spacial score (nSPS) is 13.1. The lowest BCUT2D eigenvalue weighted by Crippen LogP contribution is -2.44. The minimum absolute atomic E-state index is 0. The summed E-state index contributed by atoms with van der Waals surface area (Å²) in [6.07, 6.45) is 29.0. The van der Waals surface area contributed by atoms with Crippen molar-refractivity contribution in [3.8, 4) is 0 Å². The molecule has 0 bridgehead atoms. The molecule has 6 heteroatoms. The predicted molar refractivity (Wildman–Crippen MR) is 163 cm³/mol. The smallest absolute Gasteiger partial charge is 0.377 e. The Kier molecular flexibility index (Phi) is 27.4. The van der Waals surface area contributed by atoms with E-state index in [4.69, 9.17) is 19.0 Å². The van der Waals surface area contributed by atoms with Crippen LogP contribution in [0.5, 0.6) is 0 Å². The van der Waals surface area contributed by atoms with Gasteiger partial charge in [0.25, 0.3) is 0 Å². The molecule has 0 rings (SSSR count). The molecule has 0 heterocycles. The van der Waals surface area contributed by atoms with Gasteiger partial charge in [-0.25, -0.2) is 0 Å². The summed E-state index contributed by atoms with van der Waals surface area (Å²) in [5.41, 5.74) is 6.39. The summed E-state index contributed by atoms with van der Waals surface area (Å²) in [6.45, 7) is 6.66. The first-order chi connectivity index (χ1) is 16.8. The van der Waals surface area contributed by atoms with E-state index < -0.39 is 8.80 Å². The second-order valence-corrected chi connectivity index (χ2v) is 14.6. The van der Waals surface area contributed by atoms with Gasteiger partial charge in [0, 0.05) is 32.9 Å². The Morgan fingerprint density at radius 2 is 0.861 bits per heavy atom. The molecular weight excluding hydrogens is 486 g/mol. The van der Waals surface area contributed by atoms with Gasteiger partial charge in [-0.05, 0) is 39.0 Å². The number of hydrogen-bond donors (Lipinski definition) is 1. The lowest BCUT2D eigenvalue weighted by atomic mass is 9.81. The fourth-order valence-corrected chi connectivity index (χ4v) is 7.05. The molecule has 0 aliphatic rings. The van der Waals surface area contributed by atoms with Crippen LogP contribution in [0.2, 0.25) is 6.04 Å². The van der Waals surface area contributed by atoms with Crippen molar-refractivity contribution in [3.63, 3.8) is 0 Å². The quantitative estimate of drug-likeness (QED) is 0.0814. The molecule has 0 radical (unpaired) electrons. The molecule has 36 heavy (non-hydrogen) atoms. The van der Waals surface area contributed by atoms with Crippen molar-refractivity contribution in [1.82, 2.24) is 0 Å². The topological polar surface area (TPSA) is 53.7 Å². The van der Waals surface area contributed by atoms with Crippen LogP contribution in [0.4, 0.5) is 0 Å². The van der Waals surface area contributed by atoms with Gasteiger partial charge in [-0.2, -0.15) is 0 Å². The molecule has 2 N–H and O–H groups in total. The Labute approximate surface area is 234 Å². The van der Waals surface area contributed by atoms with Crippen LogP contribution in [-0.4, -0.2) is 35.7 Å².